The van der Waals surface area contributed by atoms with Crippen molar-refractivity contribution in [2.45, 2.75) is 13.5 Å². The average molecular weight is 557 g/mol. The van der Waals surface area contributed by atoms with Gasteiger partial charge in [0.15, 0.2) is 34.8 Å². The molecule has 1 heterocycles. The zero-order chi connectivity index (χ0) is 27.0. The molecule has 0 saturated carbocycles. The third kappa shape index (κ3) is 4.86. The Bertz CT molecular complexity index is 1460. The predicted octanol–water partition coefficient (Wildman–Crippen LogP) is 7.08. The van der Waals surface area contributed by atoms with Gasteiger partial charge in [0.1, 0.15) is 12.3 Å². The van der Waals surface area contributed by atoms with Gasteiger partial charge in [0, 0.05) is 21.2 Å². The van der Waals surface area contributed by atoms with Gasteiger partial charge in [-0.3, -0.25) is 4.79 Å². The van der Waals surface area contributed by atoms with E-state index in [0.29, 0.717) is 21.2 Å². The van der Waals surface area contributed by atoms with E-state index in [2.05, 4.69) is 5.10 Å². The fourth-order valence-electron chi connectivity index (χ4n) is 3.52. The number of benzene rings is 3. The lowest BCUT2D eigenvalue weighted by atomic mass is 10.1. The van der Waals surface area contributed by atoms with Crippen LogP contribution in [-0.2, 0) is 11.4 Å². The van der Waals surface area contributed by atoms with E-state index in [-0.39, 0.29) is 34.4 Å². The number of carbonyl (C=O) groups excluding carboxylic acids is 1. The molecule has 3 aromatic rings. The summed E-state index contributed by atoms with van der Waals surface area (Å²) in [6, 6.07) is 9.59. The monoisotopic (exact) mass is 556 g/mol. The molecule has 0 N–H and O–H groups in total. The minimum atomic E-state index is -2.35. The molecule has 192 valence electrons. The first-order chi connectivity index (χ1) is 17.5. The van der Waals surface area contributed by atoms with Crippen LogP contribution in [0.25, 0.3) is 6.08 Å². The van der Waals surface area contributed by atoms with Crippen LogP contribution in [0.2, 0.25) is 10.0 Å². The van der Waals surface area contributed by atoms with Crippen molar-refractivity contribution in [1.82, 2.24) is 0 Å². The summed E-state index contributed by atoms with van der Waals surface area (Å²) in [4.78, 5) is 13.0. The Kier molecular flexibility index (Phi) is 7.42. The van der Waals surface area contributed by atoms with Crippen LogP contribution in [0.15, 0.2) is 47.1 Å². The summed E-state index contributed by atoms with van der Waals surface area (Å²) in [6.07, 6.45) is 1.30. The maximum atomic E-state index is 14.3. The van der Waals surface area contributed by atoms with Crippen LogP contribution in [0.5, 0.6) is 11.5 Å². The molecule has 0 atom stereocenters. The number of methoxy groups -OCH3 is 1. The molecule has 0 aromatic heterocycles. The summed E-state index contributed by atoms with van der Waals surface area (Å²) >= 11 is 12.1. The number of amides is 1. The molecule has 5 nitrogen and oxygen atoms in total. The molecular weight excluding hydrogens is 542 g/mol. The Morgan fingerprint density at radius 3 is 2.24 bits per heavy atom. The number of halogens is 7. The molecule has 3 aromatic carbocycles. The van der Waals surface area contributed by atoms with E-state index < -0.39 is 40.7 Å². The molecule has 1 aliphatic heterocycles. The minimum absolute atomic E-state index is 0.00968. The van der Waals surface area contributed by atoms with Crippen LogP contribution < -0.4 is 14.5 Å². The van der Waals surface area contributed by atoms with Crippen LogP contribution in [0, 0.1) is 29.1 Å². The third-order valence-corrected chi connectivity index (χ3v) is 5.96. The lowest BCUT2D eigenvalue weighted by Crippen LogP contribution is -2.25. The average Bonchev–Trinajstić information content (AvgIpc) is 3.14. The molecule has 0 radical (unpaired) electrons. The van der Waals surface area contributed by atoms with Gasteiger partial charge >= 0.3 is 0 Å². The van der Waals surface area contributed by atoms with Crippen molar-refractivity contribution in [2.24, 2.45) is 5.10 Å². The highest BCUT2D eigenvalue weighted by Gasteiger charge is 2.37. The maximum absolute atomic E-state index is 14.3. The highest BCUT2D eigenvalue weighted by atomic mass is 35.5. The SMILES string of the molecule is COc1cccc(/C=C2\C(=O)N(c3c(F)c(F)c(F)c(F)c3F)N=C2C)c1OCc1ccc(Cl)cc1Cl. The van der Waals surface area contributed by atoms with E-state index >= 15 is 0 Å². The molecular formula is C25H15Cl2F5N2O3. The van der Waals surface area contributed by atoms with Crippen molar-refractivity contribution >= 4 is 46.6 Å². The van der Waals surface area contributed by atoms with Gasteiger partial charge in [0.25, 0.3) is 5.91 Å². The van der Waals surface area contributed by atoms with Gasteiger partial charge in [-0.25, -0.2) is 22.0 Å². The van der Waals surface area contributed by atoms with Gasteiger partial charge in [-0.15, -0.1) is 0 Å². The molecule has 37 heavy (non-hydrogen) atoms. The number of carbonyl (C=O) groups is 1. The van der Waals surface area contributed by atoms with Crippen LogP contribution in [0.1, 0.15) is 18.1 Å². The van der Waals surface area contributed by atoms with E-state index in [0.717, 1.165) is 0 Å². The first kappa shape index (κ1) is 26.4. The van der Waals surface area contributed by atoms with E-state index in [1.54, 1.807) is 30.3 Å². The van der Waals surface area contributed by atoms with Gasteiger partial charge in [-0.2, -0.15) is 10.1 Å². The molecule has 0 fully saturated rings. The van der Waals surface area contributed by atoms with Crippen molar-refractivity contribution in [2.75, 3.05) is 12.1 Å². The van der Waals surface area contributed by atoms with E-state index in [4.69, 9.17) is 32.7 Å². The second kappa shape index (κ2) is 10.4. The van der Waals surface area contributed by atoms with Crippen LogP contribution in [0.3, 0.4) is 0 Å². The number of nitrogens with zero attached hydrogens (tertiary/aromatic N) is 2. The summed E-state index contributed by atoms with van der Waals surface area (Å²) in [5.41, 5.74) is -0.789. The fourth-order valence-corrected chi connectivity index (χ4v) is 3.98. The Morgan fingerprint density at radius 2 is 1.62 bits per heavy atom. The summed E-state index contributed by atoms with van der Waals surface area (Å²) < 4.78 is 80.8. The number of hydrazone groups is 1. The molecule has 0 spiro atoms. The zero-order valence-corrected chi connectivity index (χ0v) is 20.5. The van der Waals surface area contributed by atoms with E-state index in [1.165, 1.54) is 26.2 Å². The molecule has 1 amide bonds. The molecule has 0 saturated heterocycles. The van der Waals surface area contributed by atoms with Crippen molar-refractivity contribution in [1.29, 1.82) is 0 Å². The van der Waals surface area contributed by atoms with E-state index in [9.17, 15) is 26.7 Å². The highest BCUT2D eigenvalue weighted by Crippen LogP contribution is 2.37. The summed E-state index contributed by atoms with van der Waals surface area (Å²) in [5, 5.41) is 4.65. The zero-order valence-electron chi connectivity index (χ0n) is 19.0. The Labute approximate surface area is 217 Å². The smallest absolute Gasteiger partial charge is 0.280 e. The lowest BCUT2D eigenvalue weighted by molar-refractivity contribution is -0.114. The Morgan fingerprint density at radius 1 is 0.973 bits per heavy atom. The normalized spacial score (nSPS) is 14.4. The standard InChI is InChI=1S/C25H15Cl2F5N2O3/c1-11-15(25(35)34(33-11)23-21(31)19(29)18(28)20(30)22(23)32)8-12-4-3-5-17(36-2)24(12)37-10-13-6-7-14(26)9-16(13)27/h3-9H,10H2,1-2H3/b15-8-. The molecule has 0 bridgehead atoms. The Balaban J connectivity index is 1.73. The number of hydrogen-bond donors (Lipinski definition) is 0. The number of anilines is 1. The van der Waals surface area contributed by atoms with Crippen LogP contribution in [-0.4, -0.2) is 18.7 Å². The second-order valence-electron chi connectivity index (χ2n) is 7.68. The number of ether oxygens (including phenoxy) is 2. The maximum Gasteiger partial charge on any atom is 0.280 e. The first-order valence-electron chi connectivity index (χ1n) is 10.4. The van der Waals surface area contributed by atoms with Crippen LogP contribution in [0.4, 0.5) is 27.6 Å². The predicted molar refractivity (Wildman–Crippen MR) is 129 cm³/mol. The van der Waals surface area contributed by atoms with Gasteiger partial charge in [-0.1, -0.05) is 41.4 Å². The van der Waals surface area contributed by atoms with Gasteiger partial charge in [-0.05, 0) is 31.2 Å². The van der Waals surface area contributed by atoms with Gasteiger partial charge < -0.3 is 9.47 Å². The molecule has 4 rings (SSSR count). The van der Waals surface area contributed by atoms with Crippen molar-refractivity contribution < 1.29 is 36.2 Å². The second-order valence-corrected chi connectivity index (χ2v) is 8.53. The van der Waals surface area contributed by atoms with E-state index in [1.807, 2.05) is 0 Å². The molecule has 0 aliphatic carbocycles. The quantitative estimate of drug-likeness (QED) is 0.141. The number of hydrogen-bond acceptors (Lipinski definition) is 4. The molecule has 1 aliphatic rings. The summed E-state index contributed by atoms with van der Waals surface area (Å²) in [6.45, 7) is 1.33. The Hall–Kier alpha value is -3.63. The minimum Gasteiger partial charge on any atom is -0.493 e. The van der Waals surface area contributed by atoms with Crippen molar-refractivity contribution in [3.05, 3.63) is 92.2 Å². The van der Waals surface area contributed by atoms with Crippen molar-refractivity contribution in [3.8, 4) is 11.5 Å². The largest absolute Gasteiger partial charge is 0.493 e. The topological polar surface area (TPSA) is 51.1 Å². The number of rotatable bonds is 6. The molecule has 12 heteroatoms. The highest BCUT2D eigenvalue weighted by molar-refractivity contribution is 6.35. The van der Waals surface area contributed by atoms with Crippen molar-refractivity contribution in [3.63, 3.8) is 0 Å². The summed E-state index contributed by atoms with van der Waals surface area (Å²) in [5.74, 6) is -11.8. The molecule has 0 unspecified atom stereocenters. The number of para-hydroxylation sites is 1. The fraction of sp³-hybridized carbons (Fsp3) is 0.120. The van der Waals surface area contributed by atoms with Gasteiger partial charge in [0.05, 0.1) is 18.4 Å². The lowest BCUT2D eigenvalue weighted by Gasteiger charge is -2.16. The van der Waals surface area contributed by atoms with Crippen LogP contribution >= 0.6 is 23.2 Å². The first-order valence-corrected chi connectivity index (χ1v) is 11.2. The summed E-state index contributed by atoms with van der Waals surface area (Å²) in [7, 11) is 1.40. The van der Waals surface area contributed by atoms with Gasteiger partial charge in [0.2, 0.25) is 5.82 Å². The third-order valence-electron chi connectivity index (χ3n) is 5.38.